The molecule has 4 atom stereocenters. The third kappa shape index (κ3) is 4.89. The molecule has 3 aromatic rings. The van der Waals surface area contributed by atoms with Gasteiger partial charge in [-0.1, -0.05) is 30.3 Å². The fraction of sp³-hybridized carbons (Fsp3) is 0.310. The van der Waals surface area contributed by atoms with Crippen LogP contribution < -0.4 is 29.0 Å². The van der Waals surface area contributed by atoms with Crippen molar-refractivity contribution < 1.29 is 46.8 Å². The second-order valence-electron chi connectivity index (χ2n) is 10.2. The Morgan fingerprint density at radius 3 is 2.26 bits per heavy atom. The molecule has 0 bridgehead atoms. The Kier molecular flexibility index (Phi) is 6.97. The first kappa shape index (κ1) is 27.5. The zero-order chi connectivity index (χ0) is 29.6. The van der Waals surface area contributed by atoms with Gasteiger partial charge in [-0.2, -0.15) is 0 Å². The van der Waals surface area contributed by atoms with E-state index in [0.29, 0.717) is 33.8 Å². The van der Waals surface area contributed by atoms with Crippen LogP contribution in [0.5, 0.6) is 28.7 Å². The lowest BCUT2D eigenvalue weighted by molar-refractivity contribution is -0.141. The molecule has 1 aliphatic carbocycles. The maximum atomic E-state index is 13.3. The predicted octanol–water partition coefficient (Wildman–Crippen LogP) is 2.94. The fourth-order valence-electron chi connectivity index (χ4n) is 5.98. The molecule has 1 fully saturated rings. The van der Waals surface area contributed by atoms with Gasteiger partial charge in [0.15, 0.2) is 23.0 Å². The van der Waals surface area contributed by atoms with Gasteiger partial charge < -0.3 is 34.1 Å². The normalized spacial score (nSPS) is 22.0. The maximum absolute atomic E-state index is 13.3. The number of nitrogens with one attached hydrogen (secondary N) is 2. The van der Waals surface area contributed by atoms with Crippen LogP contribution in [0.15, 0.2) is 54.6 Å². The third-order valence-corrected chi connectivity index (χ3v) is 8.99. The quantitative estimate of drug-likeness (QED) is 0.346. The molecule has 6 rings (SSSR count). The van der Waals surface area contributed by atoms with E-state index in [1.807, 2.05) is 0 Å². The number of rotatable bonds is 7. The number of aromatic hydroxyl groups is 1. The molecule has 3 aromatic carbocycles. The molecule has 3 N–H and O–H groups in total. The van der Waals surface area contributed by atoms with E-state index >= 15 is 0 Å². The Bertz CT molecular complexity index is 1640. The zero-order valence-electron chi connectivity index (χ0n) is 22.7. The van der Waals surface area contributed by atoms with Crippen LogP contribution in [0, 0.1) is 11.8 Å². The molecule has 13 heteroatoms. The average Bonchev–Trinajstić information content (AvgIpc) is 3.58. The van der Waals surface area contributed by atoms with E-state index in [1.54, 1.807) is 54.6 Å². The number of phenols is 1. The molecule has 0 spiro atoms. The van der Waals surface area contributed by atoms with Gasteiger partial charge in [-0.25, -0.2) is 17.9 Å². The number of ether oxygens (including phenoxy) is 5. The molecule has 1 saturated heterocycles. The topological polar surface area (TPSA) is 159 Å². The second-order valence-corrected chi connectivity index (χ2v) is 11.9. The first-order valence-corrected chi connectivity index (χ1v) is 14.7. The Hall–Kier alpha value is -4.65. The number of fused-ring (bicyclic) bond motifs is 3. The van der Waals surface area contributed by atoms with Crippen LogP contribution in [-0.2, 0) is 25.3 Å². The van der Waals surface area contributed by atoms with E-state index in [4.69, 9.17) is 23.7 Å². The molecule has 2 aliphatic heterocycles. The molecule has 0 saturated carbocycles. The van der Waals surface area contributed by atoms with Gasteiger partial charge in [-0.05, 0) is 46.5 Å². The summed E-state index contributed by atoms with van der Waals surface area (Å²) >= 11 is 0. The van der Waals surface area contributed by atoms with Crippen LogP contribution in [0.25, 0.3) is 0 Å². The van der Waals surface area contributed by atoms with Gasteiger partial charge in [-0.15, -0.1) is 0 Å². The third-order valence-electron chi connectivity index (χ3n) is 7.78. The van der Waals surface area contributed by atoms with Crippen molar-refractivity contribution in [3.8, 4) is 28.7 Å². The van der Waals surface area contributed by atoms with E-state index in [2.05, 4.69) is 10.0 Å². The molecule has 2 amide bonds. The van der Waals surface area contributed by atoms with E-state index in [-0.39, 0.29) is 36.4 Å². The zero-order valence-corrected chi connectivity index (χ0v) is 23.5. The Morgan fingerprint density at radius 2 is 1.62 bits per heavy atom. The molecule has 220 valence electrons. The van der Waals surface area contributed by atoms with Crippen molar-refractivity contribution in [1.29, 1.82) is 0 Å². The van der Waals surface area contributed by atoms with Gasteiger partial charge in [0.1, 0.15) is 0 Å². The minimum absolute atomic E-state index is 0.00500. The van der Waals surface area contributed by atoms with Gasteiger partial charge >= 0.3 is 12.0 Å². The molecule has 0 radical (unpaired) electrons. The highest BCUT2D eigenvalue weighted by molar-refractivity contribution is 7.89. The van der Waals surface area contributed by atoms with Gasteiger partial charge in [0.25, 0.3) is 0 Å². The van der Waals surface area contributed by atoms with Crippen LogP contribution >= 0.6 is 0 Å². The van der Waals surface area contributed by atoms with E-state index in [9.17, 15) is 23.1 Å². The summed E-state index contributed by atoms with van der Waals surface area (Å²) in [5, 5.41) is 13.3. The number of amides is 2. The molecule has 12 nitrogen and oxygen atoms in total. The highest BCUT2D eigenvalue weighted by Gasteiger charge is 2.53. The predicted molar refractivity (Wildman–Crippen MR) is 147 cm³/mol. The fourth-order valence-corrected chi connectivity index (χ4v) is 7.03. The number of esters is 1. The number of cyclic esters (lactones) is 1. The van der Waals surface area contributed by atoms with Crippen LogP contribution in [0.3, 0.4) is 0 Å². The highest BCUT2D eigenvalue weighted by Crippen LogP contribution is 2.55. The number of hydrogen-bond donors (Lipinski definition) is 3. The van der Waals surface area contributed by atoms with Crippen molar-refractivity contribution in [2.75, 3.05) is 27.6 Å². The minimum atomic E-state index is -4.03. The Morgan fingerprint density at radius 1 is 0.976 bits per heavy atom. The van der Waals surface area contributed by atoms with E-state index in [1.165, 1.54) is 14.2 Å². The Balaban J connectivity index is 1.40. The minimum Gasteiger partial charge on any atom is -0.502 e. The van der Waals surface area contributed by atoms with Crippen molar-refractivity contribution in [2.45, 2.75) is 17.7 Å². The van der Waals surface area contributed by atoms with Gasteiger partial charge in [0, 0.05) is 11.8 Å². The van der Waals surface area contributed by atoms with Crippen molar-refractivity contribution >= 4 is 22.0 Å². The number of carbonyl (C=O) groups is 2. The number of phenolic OH excluding ortho intramolecular Hbond substituents is 1. The van der Waals surface area contributed by atoms with Crippen molar-refractivity contribution in [2.24, 2.45) is 11.8 Å². The molecular formula is C29H28N2O10S. The molecule has 2 heterocycles. The molecular weight excluding hydrogens is 568 g/mol. The number of methoxy groups -OCH3 is 2. The number of carbonyl (C=O) groups excluding carboxylic acids is 2. The lowest BCUT2D eigenvalue weighted by Crippen LogP contribution is -2.47. The molecule has 0 aromatic heterocycles. The van der Waals surface area contributed by atoms with Crippen molar-refractivity contribution in [3.63, 3.8) is 0 Å². The first-order valence-electron chi connectivity index (χ1n) is 13.1. The summed E-state index contributed by atoms with van der Waals surface area (Å²) in [7, 11) is -1.22. The van der Waals surface area contributed by atoms with Crippen LogP contribution in [0.2, 0.25) is 0 Å². The number of hydrogen-bond acceptors (Lipinski definition) is 10. The summed E-state index contributed by atoms with van der Waals surface area (Å²) in [5.74, 6) is -1.81. The average molecular weight is 597 g/mol. The van der Waals surface area contributed by atoms with Crippen molar-refractivity contribution in [1.82, 2.24) is 10.0 Å². The van der Waals surface area contributed by atoms with Crippen LogP contribution in [-0.4, -0.2) is 53.1 Å². The summed E-state index contributed by atoms with van der Waals surface area (Å²) < 4.78 is 55.1. The molecule has 3 aliphatic rings. The summed E-state index contributed by atoms with van der Waals surface area (Å²) in [6.45, 7) is -0.0170. The number of urea groups is 1. The van der Waals surface area contributed by atoms with Gasteiger partial charge in [-0.3, -0.25) is 4.79 Å². The monoisotopic (exact) mass is 596 g/mol. The summed E-state index contributed by atoms with van der Waals surface area (Å²) in [4.78, 5) is 26.4. The van der Waals surface area contributed by atoms with Crippen molar-refractivity contribution in [3.05, 3.63) is 76.9 Å². The first-order chi connectivity index (χ1) is 20.2. The van der Waals surface area contributed by atoms with Crippen LogP contribution in [0.1, 0.15) is 34.2 Å². The van der Waals surface area contributed by atoms with Gasteiger partial charge in [0.2, 0.25) is 22.6 Å². The summed E-state index contributed by atoms with van der Waals surface area (Å²) in [6.07, 6.45) is 0. The standard InChI is InChI=1S/C29H28N2O10S/c1-37-22-8-16(9-23(38-2)27(22)32)24-17-10-20-21(41-14-40-20)11-18(17)26(19-12-39-28(33)25(19)24)30-29(34)31-42(35,36)13-15-6-4-3-5-7-15/h3-11,19,24-26,32H,12-14H2,1-2H3,(H2,30,31,34)/t19-,24+,25-,26+/m0/s1. The lowest BCUT2D eigenvalue weighted by atomic mass is 9.65. The van der Waals surface area contributed by atoms with Crippen LogP contribution in [0.4, 0.5) is 4.79 Å². The highest BCUT2D eigenvalue weighted by atomic mass is 32.2. The van der Waals surface area contributed by atoms with E-state index in [0.717, 1.165) is 0 Å². The largest absolute Gasteiger partial charge is 0.502 e. The van der Waals surface area contributed by atoms with Gasteiger partial charge in [0.05, 0.1) is 38.5 Å². The number of sulfonamides is 1. The Labute approximate surface area is 241 Å². The number of benzene rings is 3. The molecule has 0 unspecified atom stereocenters. The SMILES string of the molecule is COc1cc([C@@H]2c3cc4c(cc3[C@@H](NC(=O)NS(=O)(=O)Cc3ccccc3)[C@H]3COC(=O)[C@H]23)OCO4)cc(OC)c1O. The lowest BCUT2D eigenvalue weighted by Gasteiger charge is -2.39. The smallest absolute Gasteiger partial charge is 0.328 e. The second kappa shape index (κ2) is 10.6. The molecule has 42 heavy (non-hydrogen) atoms. The maximum Gasteiger partial charge on any atom is 0.328 e. The summed E-state index contributed by atoms with van der Waals surface area (Å²) in [5.41, 5.74) is 2.35. The van der Waals surface area contributed by atoms with E-state index < -0.39 is 45.8 Å². The summed E-state index contributed by atoms with van der Waals surface area (Å²) in [6, 6.07) is 13.4.